The van der Waals surface area contributed by atoms with Crippen LogP contribution in [0.2, 0.25) is 5.02 Å². The lowest BCUT2D eigenvalue weighted by molar-refractivity contribution is -0.113. The van der Waals surface area contributed by atoms with Crippen LogP contribution in [0.25, 0.3) is 0 Å². The molecule has 0 amide bonds. The highest BCUT2D eigenvalue weighted by molar-refractivity contribution is 6.31. The van der Waals surface area contributed by atoms with Crippen molar-refractivity contribution in [2.75, 3.05) is 20.3 Å². The van der Waals surface area contributed by atoms with E-state index in [2.05, 4.69) is 37.9 Å². The molecule has 45 heavy (non-hydrogen) atoms. The molecule has 2 aliphatic rings. The van der Waals surface area contributed by atoms with E-state index in [9.17, 15) is 9.18 Å². The van der Waals surface area contributed by atoms with Crippen LogP contribution in [0.3, 0.4) is 0 Å². The van der Waals surface area contributed by atoms with Gasteiger partial charge in [-0.25, -0.2) is 9.38 Å². The first kappa shape index (κ1) is 36.8. The summed E-state index contributed by atoms with van der Waals surface area (Å²) in [4.78, 5) is 17.2. The number of hydrogen-bond donors (Lipinski definition) is 0. The Morgan fingerprint density at radius 1 is 1.07 bits per heavy atom. The molecule has 2 aromatic rings. The van der Waals surface area contributed by atoms with E-state index in [0.29, 0.717) is 34.6 Å². The van der Waals surface area contributed by atoms with Crippen LogP contribution >= 0.6 is 11.6 Å². The van der Waals surface area contributed by atoms with E-state index < -0.39 is 5.82 Å². The van der Waals surface area contributed by atoms with Crippen molar-refractivity contribution in [3.8, 4) is 11.5 Å². The molecule has 0 aromatic heterocycles. The maximum Gasteiger partial charge on any atom is 0.178 e. The van der Waals surface area contributed by atoms with E-state index in [0.717, 1.165) is 43.8 Å². The minimum absolute atomic E-state index is 0.0372. The van der Waals surface area contributed by atoms with Gasteiger partial charge in [-0.15, -0.1) is 0 Å². The average molecular weight is 642 g/mol. The predicted octanol–water partition coefficient (Wildman–Crippen LogP) is 10.5. The van der Waals surface area contributed by atoms with E-state index in [1.165, 1.54) is 56.2 Å². The molecule has 1 aliphatic heterocycles. The second-order valence-electron chi connectivity index (χ2n) is 13.5. The summed E-state index contributed by atoms with van der Waals surface area (Å²) in [6.07, 6.45) is 9.83. The van der Waals surface area contributed by atoms with Gasteiger partial charge in [0, 0.05) is 24.8 Å². The molecule has 5 nitrogen and oxygen atoms in total. The number of carbonyl (C=O) groups is 1. The van der Waals surface area contributed by atoms with Crippen molar-refractivity contribution in [1.29, 1.82) is 0 Å². The van der Waals surface area contributed by atoms with Crippen molar-refractivity contribution >= 4 is 23.1 Å². The summed E-state index contributed by atoms with van der Waals surface area (Å²) < 4.78 is 31.7. The number of rotatable bonds is 6. The second kappa shape index (κ2) is 17.3. The summed E-state index contributed by atoms with van der Waals surface area (Å²) in [6.45, 7) is 15.9. The van der Waals surface area contributed by atoms with E-state index in [1.807, 2.05) is 13.8 Å². The number of aliphatic imine (C=N–C) groups is 1. The summed E-state index contributed by atoms with van der Waals surface area (Å²) in [5.41, 5.74) is 5.00. The summed E-state index contributed by atoms with van der Waals surface area (Å²) in [7, 11) is 1.65. The number of Topliss-reactive ketones (excluding diaryl/α,β-unsaturated/α-hetero) is 1. The lowest BCUT2D eigenvalue weighted by Gasteiger charge is -2.25. The number of hydrogen-bond acceptors (Lipinski definition) is 5. The number of benzene rings is 2. The third-order valence-corrected chi connectivity index (χ3v) is 8.86. The van der Waals surface area contributed by atoms with Gasteiger partial charge < -0.3 is 14.2 Å². The first-order chi connectivity index (χ1) is 21.3. The van der Waals surface area contributed by atoms with E-state index >= 15 is 0 Å². The molecule has 248 valence electrons. The number of carbonyl (C=O) groups excluding carboxylic acids is 1. The number of allylic oxidation sites excluding steroid dienone is 2. The van der Waals surface area contributed by atoms with Gasteiger partial charge in [-0.2, -0.15) is 0 Å². The zero-order valence-electron chi connectivity index (χ0n) is 28.7. The molecule has 4 rings (SSSR count). The Hall–Kier alpha value is -2.70. The molecule has 0 N–H and O–H groups in total. The molecule has 0 saturated carbocycles. The van der Waals surface area contributed by atoms with Crippen LogP contribution in [0, 0.1) is 11.2 Å². The summed E-state index contributed by atoms with van der Waals surface area (Å²) in [6, 6.07) is 8.96. The van der Waals surface area contributed by atoms with Crippen molar-refractivity contribution in [3.05, 3.63) is 69.1 Å². The van der Waals surface area contributed by atoms with Crippen molar-refractivity contribution in [3.63, 3.8) is 0 Å². The van der Waals surface area contributed by atoms with Crippen molar-refractivity contribution < 1.29 is 23.4 Å². The average Bonchev–Trinajstić information content (AvgIpc) is 3.07. The van der Waals surface area contributed by atoms with Crippen LogP contribution < -0.4 is 9.47 Å². The molecular weight excluding hydrogens is 589 g/mol. The Morgan fingerprint density at radius 2 is 1.80 bits per heavy atom. The fourth-order valence-corrected chi connectivity index (χ4v) is 6.17. The topological polar surface area (TPSA) is 57.1 Å². The van der Waals surface area contributed by atoms with Crippen molar-refractivity contribution in [2.45, 2.75) is 118 Å². The Kier molecular flexibility index (Phi) is 14.1. The molecule has 0 spiro atoms. The third kappa shape index (κ3) is 11.0. The smallest absolute Gasteiger partial charge is 0.178 e. The van der Waals surface area contributed by atoms with Gasteiger partial charge in [0.05, 0.1) is 24.8 Å². The predicted molar refractivity (Wildman–Crippen MR) is 184 cm³/mol. The van der Waals surface area contributed by atoms with E-state index in [4.69, 9.17) is 25.8 Å². The maximum atomic E-state index is 14.5. The molecule has 1 atom stereocenters. The first-order valence-corrected chi connectivity index (χ1v) is 16.9. The van der Waals surface area contributed by atoms with Crippen LogP contribution in [0.15, 0.2) is 46.6 Å². The highest BCUT2D eigenvalue weighted by Gasteiger charge is 2.23. The SMILES string of the molecule is CC1(C)CCCCCCOC1.COc1cc2c(cc1OC(C)C)C(C)CC/C(=C(\N=C(C)c1cccc(Cl)c1F)C(C)=O)CC2. The van der Waals surface area contributed by atoms with Crippen LogP contribution in [0.5, 0.6) is 11.5 Å². The fourth-order valence-electron chi connectivity index (χ4n) is 5.99. The summed E-state index contributed by atoms with van der Waals surface area (Å²) >= 11 is 5.94. The number of halogens is 2. The highest BCUT2D eigenvalue weighted by atomic mass is 35.5. The second-order valence-corrected chi connectivity index (χ2v) is 13.9. The largest absolute Gasteiger partial charge is 0.493 e. The summed E-state index contributed by atoms with van der Waals surface area (Å²) in [5.74, 6) is 1.10. The van der Waals surface area contributed by atoms with Crippen LogP contribution in [0.4, 0.5) is 4.39 Å². The molecule has 1 heterocycles. The molecule has 1 fully saturated rings. The lowest BCUT2D eigenvalue weighted by atomic mass is 9.83. The first-order valence-electron chi connectivity index (χ1n) is 16.5. The number of ether oxygens (including phenoxy) is 3. The molecule has 1 aliphatic carbocycles. The number of aryl methyl sites for hydroxylation is 1. The van der Waals surface area contributed by atoms with E-state index in [-0.39, 0.29) is 22.8 Å². The number of ketones is 1. The van der Waals surface area contributed by atoms with Gasteiger partial charge in [0.1, 0.15) is 5.70 Å². The molecule has 1 unspecified atom stereocenters. The molecule has 2 aromatic carbocycles. The minimum Gasteiger partial charge on any atom is -0.493 e. The standard InChI is InChI=1S/C28H33ClFNO3.C10H20O/c1-16(2)34-26-15-23-17(3)10-11-20(12-13-21(23)14-25(26)33-6)28(19(5)32)31-18(4)22-8-7-9-24(29)27(22)30;1-10(2)7-5-3-4-6-8-11-9-10/h7-9,14-17H,10-13H2,1-6H3;3-9H2,1-2H3/b28-20+,31-18?;. The zero-order chi connectivity index (χ0) is 33.1. The Bertz CT molecular complexity index is 1350. The molecule has 0 radical (unpaired) electrons. The van der Waals surface area contributed by atoms with Gasteiger partial charge in [-0.1, -0.05) is 63.8 Å². The van der Waals surface area contributed by atoms with Crippen molar-refractivity contribution in [2.24, 2.45) is 10.4 Å². The van der Waals surface area contributed by atoms with Gasteiger partial charge in [0.25, 0.3) is 0 Å². The molecule has 0 bridgehead atoms. The molecular formula is C38H53ClFNO4. The number of nitrogens with zero attached hydrogens (tertiary/aromatic N) is 1. The van der Waals surface area contributed by atoms with Crippen LogP contribution in [-0.4, -0.2) is 37.9 Å². The van der Waals surface area contributed by atoms with Gasteiger partial charge in [0.2, 0.25) is 0 Å². The monoisotopic (exact) mass is 641 g/mol. The Morgan fingerprint density at radius 3 is 2.49 bits per heavy atom. The number of methoxy groups -OCH3 is 1. The molecule has 7 heteroatoms. The highest BCUT2D eigenvalue weighted by Crippen LogP contribution is 2.39. The Labute approximate surface area is 275 Å². The lowest BCUT2D eigenvalue weighted by Crippen LogP contribution is -2.18. The van der Waals surface area contributed by atoms with Crippen LogP contribution in [-0.2, 0) is 16.0 Å². The van der Waals surface area contributed by atoms with E-state index in [1.54, 1.807) is 26.2 Å². The van der Waals surface area contributed by atoms with Gasteiger partial charge in [-0.05, 0) is 106 Å². The third-order valence-electron chi connectivity index (χ3n) is 8.57. The van der Waals surface area contributed by atoms with Gasteiger partial charge in [0.15, 0.2) is 23.1 Å². The van der Waals surface area contributed by atoms with Crippen molar-refractivity contribution in [1.82, 2.24) is 0 Å². The Balaban J connectivity index is 0.000000423. The van der Waals surface area contributed by atoms with Gasteiger partial charge in [-0.3, -0.25) is 4.79 Å². The normalized spacial score (nSPS) is 20.2. The number of fused-ring (bicyclic) bond motifs is 1. The quantitative estimate of drug-likeness (QED) is 0.233. The van der Waals surface area contributed by atoms with Gasteiger partial charge >= 0.3 is 0 Å². The summed E-state index contributed by atoms with van der Waals surface area (Å²) in [5, 5.41) is 0.0372. The fraction of sp³-hybridized carbons (Fsp3) is 0.579. The van der Waals surface area contributed by atoms with Crippen LogP contribution in [0.1, 0.15) is 122 Å². The minimum atomic E-state index is -0.523. The molecule has 1 saturated heterocycles. The zero-order valence-corrected chi connectivity index (χ0v) is 29.4. The maximum absolute atomic E-state index is 14.5.